The van der Waals surface area contributed by atoms with Crippen LogP contribution in [0.25, 0.3) is 0 Å². The number of aliphatic hydroxyl groups is 3. The van der Waals surface area contributed by atoms with Crippen LogP contribution in [0.15, 0.2) is 0 Å². The fourth-order valence-electron chi connectivity index (χ4n) is 7.22. The Morgan fingerprint density at radius 2 is 1.06 bits per heavy atom. The molecule has 0 aromatic carbocycles. The van der Waals surface area contributed by atoms with Crippen molar-refractivity contribution in [3.8, 4) is 0 Å². The number of aliphatic hydroxyl groups excluding tert-OH is 3. The van der Waals surface area contributed by atoms with Gasteiger partial charge in [0.1, 0.15) is 48.8 Å². The molecule has 13 nitrogen and oxygen atoms in total. The van der Waals surface area contributed by atoms with Crippen LogP contribution in [0.1, 0.15) is 103 Å². The highest BCUT2D eigenvalue weighted by Crippen LogP contribution is 2.41. The maximum atomic E-state index is 11.1. The van der Waals surface area contributed by atoms with Crippen LogP contribution in [-0.4, -0.2) is 125 Å². The molecule has 5 saturated heterocycles. The molecule has 5 aliphatic heterocycles. The Labute approximate surface area is 293 Å². The summed E-state index contributed by atoms with van der Waals surface area (Å²) in [6, 6.07) is 0. The lowest BCUT2D eigenvalue weighted by molar-refractivity contribution is -0.304. The van der Waals surface area contributed by atoms with Gasteiger partial charge in [-0.3, -0.25) is 0 Å². The summed E-state index contributed by atoms with van der Waals surface area (Å²) in [5, 5.41) is 30.9. The topological polar surface area (TPSA) is 153 Å². The third-order valence-corrected chi connectivity index (χ3v) is 9.84. The molecule has 0 aliphatic carbocycles. The molecule has 288 valence electrons. The summed E-state index contributed by atoms with van der Waals surface area (Å²) in [6.45, 7) is 27.5. The summed E-state index contributed by atoms with van der Waals surface area (Å²) < 4.78 is 59.3. The molecule has 3 N–H and O–H groups in total. The lowest BCUT2D eigenvalue weighted by Gasteiger charge is -2.45. The molecule has 5 aliphatic rings. The lowest BCUT2D eigenvalue weighted by Crippen LogP contribution is -2.60. The smallest absolute Gasteiger partial charge is 0.190 e. The van der Waals surface area contributed by atoms with Crippen molar-refractivity contribution in [3.05, 3.63) is 0 Å². The van der Waals surface area contributed by atoms with Gasteiger partial charge in [0.25, 0.3) is 0 Å². The van der Waals surface area contributed by atoms with Crippen molar-refractivity contribution in [1.29, 1.82) is 0 Å². The van der Waals surface area contributed by atoms with Gasteiger partial charge >= 0.3 is 0 Å². The van der Waals surface area contributed by atoms with E-state index in [1.807, 2.05) is 55.4 Å². The normalized spacial score (nSPS) is 44.9. The molecule has 0 aromatic rings. The van der Waals surface area contributed by atoms with E-state index in [9.17, 15) is 15.3 Å². The average Bonchev–Trinajstić information content (AvgIpc) is 3.47. The zero-order valence-electron chi connectivity index (χ0n) is 32.2. The highest BCUT2D eigenvalue weighted by atomic mass is 16.8. The third kappa shape index (κ3) is 10.1. The first-order valence-corrected chi connectivity index (χ1v) is 18.1. The zero-order valence-corrected chi connectivity index (χ0v) is 32.2. The molecule has 5 rings (SSSR count). The van der Waals surface area contributed by atoms with E-state index in [2.05, 4.69) is 27.7 Å². The van der Waals surface area contributed by atoms with Crippen molar-refractivity contribution >= 4 is 0 Å². The van der Waals surface area contributed by atoms with Gasteiger partial charge in [-0.15, -0.1) is 0 Å². The molecule has 0 amide bonds. The lowest BCUT2D eigenvalue weighted by atomic mass is 9.78. The Bertz CT molecular complexity index is 1050. The van der Waals surface area contributed by atoms with Gasteiger partial charge in [-0.2, -0.15) is 0 Å². The molecular formula is C36H66O13. The molecule has 5 fully saturated rings. The maximum Gasteiger partial charge on any atom is 0.190 e. The number of hydrogen-bond donors (Lipinski definition) is 3. The summed E-state index contributed by atoms with van der Waals surface area (Å²) in [5.74, 6) is -0.394. The predicted molar refractivity (Wildman–Crippen MR) is 178 cm³/mol. The third-order valence-electron chi connectivity index (χ3n) is 9.84. The molecule has 5 heterocycles. The molecule has 0 bridgehead atoms. The first-order chi connectivity index (χ1) is 22.5. The van der Waals surface area contributed by atoms with Gasteiger partial charge < -0.3 is 62.7 Å². The molecule has 0 spiro atoms. The molecular weight excluding hydrogens is 640 g/mol. The molecule has 15 unspecified atom stereocenters. The van der Waals surface area contributed by atoms with E-state index in [1.54, 1.807) is 13.8 Å². The second-order valence-electron chi connectivity index (χ2n) is 17.2. The fraction of sp³-hybridized carbons (Fsp3) is 1.00. The van der Waals surface area contributed by atoms with Crippen LogP contribution in [0.4, 0.5) is 0 Å². The molecule has 15 atom stereocenters. The van der Waals surface area contributed by atoms with Gasteiger partial charge in [0.05, 0.1) is 30.5 Å². The van der Waals surface area contributed by atoms with E-state index in [0.29, 0.717) is 11.8 Å². The Hall–Kier alpha value is -0.520. The number of hydrogen-bond acceptors (Lipinski definition) is 13. The van der Waals surface area contributed by atoms with Crippen molar-refractivity contribution in [1.82, 2.24) is 0 Å². The van der Waals surface area contributed by atoms with Crippen LogP contribution in [0.5, 0.6) is 0 Å². The molecule has 49 heavy (non-hydrogen) atoms. The van der Waals surface area contributed by atoms with Crippen LogP contribution in [-0.2, 0) is 47.4 Å². The van der Waals surface area contributed by atoms with E-state index in [4.69, 9.17) is 47.4 Å². The van der Waals surface area contributed by atoms with Crippen LogP contribution >= 0.6 is 0 Å². The average molecular weight is 707 g/mol. The molecule has 13 heteroatoms. The van der Waals surface area contributed by atoms with Crippen LogP contribution in [0.3, 0.4) is 0 Å². The van der Waals surface area contributed by atoms with E-state index >= 15 is 0 Å². The predicted octanol–water partition coefficient (Wildman–Crippen LogP) is 3.87. The van der Waals surface area contributed by atoms with Crippen molar-refractivity contribution < 1.29 is 62.7 Å². The number of fused-ring (bicyclic) bond motifs is 2. The minimum absolute atomic E-state index is 0.178. The number of rotatable bonds is 7. The summed E-state index contributed by atoms with van der Waals surface area (Å²) in [7, 11) is 0. The minimum Gasteiger partial charge on any atom is -0.394 e. The van der Waals surface area contributed by atoms with Crippen molar-refractivity contribution in [2.24, 2.45) is 17.8 Å². The largest absolute Gasteiger partial charge is 0.394 e. The highest BCUT2D eigenvalue weighted by Gasteiger charge is 2.57. The number of ether oxygens (including phenoxy) is 10. The molecule has 0 aromatic heterocycles. The standard InChI is InChI=1S/C23H42O7.C13H24O6/c1-10-15-13(3)12(2)14(4)20(26-15)25-11-16-18(28-22(5,6)7)17(24)19-21(27-16)30-23(8,9)29-19;1-12(2,3)17-9-7(6-14)16-11-10(8(9)15)18-13(4,5)19-11/h12-21,24H,10-11H2,1-9H3;7-11,14-15H,6H2,1-5H3. The fourth-order valence-corrected chi connectivity index (χ4v) is 7.22. The second kappa shape index (κ2) is 15.5. The van der Waals surface area contributed by atoms with E-state index < -0.39 is 84.2 Å². The molecule has 0 saturated carbocycles. The minimum atomic E-state index is -0.906. The maximum absolute atomic E-state index is 11.1. The Kier molecular flexibility index (Phi) is 13.0. The van der Waals surface area contributed by atoms with Crippen LogP contribution in [0, 0.1) is 17.8 Å². The quantitative estimate of drug-likeness (QED) is 0.352. The van der Waals surface area contributed by atoms with Gasteiger partial charge in [-0.25, -0.2) is 0 Å². The summed E-state index contributed by atoms with van der Waals surface area (Å²) in [6.07, 6.45) is -5.88. The van der Waals surface area contributed by atoms with Crippen molar-refractivity contribution in [2.75, 3.05) is 13.2 Å². The van der Waals surface area contributed by atoms with Gasteiger partial charge in [-0.1, -0.05) is 27.7 Å². The summed E-state index contributed by atoms with van der Waals surface area (Å²) >= 11 is 0. The van der Waals surface area contributed by atoms with Gasteiger partial charge in [0.15, 0.2) is 30.4 Å². The van der Waals surface area contributed by atoms with Gasteiger partial charge in [0.2, 0.25) is 0 Å². The zero-order chi connectivity index (χ0) is 36.9. The van der Waals surface area contributed by atoms with Crippen LogP contribution < -0.4 is 0 Å². The first kappa shape index (κ1) is 41.2. The Morgan fingerprint density at radius 1 is 0.612 bits per heavy atom. The molecule has 0 radical (unpaired) electrons. The monoisotopic (exact) mass is 706 g/mol. The van der Waals surface area contributed by atoms with Crippen molar-refractivity contribution in [3.63, 3.8) is 0 Å². The van der Waals surface area contributed by atoms with Crippen LogP contribution in [0.2, 0.25) is 0 Å². The van der Waals surface area contributed by atoms with E-state index in [0.717, 1.165) is 6.42 Å². The van der Waals surface area contributed by atoms with E-state index in [1.165, 1.54) is 0 Å². The Balaban J connectivity index is 0.000000244. The van der Waals surface area contributed by atoms with Gasteiger partial charge in [0, 0.05) is 5.92 Å². The first-order valence-electron chi connectivity index (χ1n) is 18.1. The van der Waals surface area contributed by atoms with Crippen molar-refractivity contribution in [2.45, 2.75) is 200 Å². The summed E-state index contributed by atoms with van der Waals surface area (Å²) in [5.41, 5.74) is -0.912. The highest BCUT2D eigenvalue weighted by molar-refractivity contribution is 4.97. The second-order valence-corrected chi connectivity index (χ2v) is 17.2. The SMILES string of the molecule is CC(C)(C)OC1C(CO)OC2OC(C)(C)OC2C1O.CCC1OC(OCC2OC3OC(C)(C)OC3C(O)C2OC(C)(C)C)C(C)C(C)C1C. The summed E-state index contributed by atoms with van der Waals surface area (Å²) in [4.78, 5) is 0. The van der Waals surface area contributed by atoms with E-state index in [-0.39, 0.29) is 31.5 Å². The van der Waals surface area contributed by atoms with Gasteiger partial charge in [-0.05, 0) is 87.5 Å². The Morgan fingerprint density at radius 3 is 1.49 bits per heavy atom.